The first-order valence-corrected chi connectivity index (χ1v) is 5.24. The molecule has 6 heteroatoms. The van der Waals surface area contributed by atoms with E-state index in [4.69, 9.17) is 5.73 Å². The maximum Gasteiger partial charge on any atom is 0.277 e. The van der Waals surface area contributed by atoms with Crippen LogP contribution in [-0.4, -0.2) is 27.0 Å². The Morgan fingerprint density at radius 3 is 2.17 bits per heavy atom. The zero-order valence-electron chi connectivity index (χ0n) is 7.72. The molecule has 0 aromatic rings. The molecule has 0 atom stereocenters. The molecular weight excluding hydrogens is 178 g/mol. The van der Waals surface area contributed by atoms with Gasteiger partial charge in [0.1, 0.15) is 0 Å². The van der Waals surface area contributed by atoms with Crippen LogP contribution in [0, 0.1) is 0 Å². The summed E-state index contributed by atoms with van der Waals surface area (Å²) in [4.78, 5) is 0. The second-order valence-corrected chi connectivity index (χ2v) is 5.04. The van der Waals surface area contributed by atoms with E-state index in [-0.39, 0.29) is 6.54 Å². The summed E-state index contributed by atoms with van der Waals surface area (Å²) in [5.74, 6) is 0. The van der Waals surface area contributed by atoms with E-state index < -0.39 is 15.7 Å². The Bertz CT molecular complexity index is 217. The minimum absolute atomic E-state index is 0.255. The van der Waals surface area contributed by atoms with Gasteiger partial charge in [-0.1, -0.05) is 0 Å². The summed E-state index contributed by atoms with van der Waals surface area (Å²) in [5.41, 5.74) is 4.69. The normalized spacial score (nSPS) is 13.3. The van der Waals surface area contributed by atoms with Crippen molar-refractivity contribution in [2.75, 3.05) is 13.1 Å². The number of rotatable bonds is 4. The van der Waals surface area contributed by atoms with Gasteiger partial charge in [0, 0.05) is 18.6 Å². The van der Waals surface area contributed by atoms with Crippen molar-refractivity contribution in [2.24, 2.45) is 5.73 Å². The molecule has 0 amide bonds. The van der Waals surface area contributed by atoms with Crippen LogP contribution in [0.4, 0.5) is 0 Å². The van der Waals surface area contributed by atoms with E-state index in [1.165, 1.54) is 0 Å². The number of hydrogen-bond acceptors (Lipinski definition) is 3. The second-order valence-electron chi connectivity index (χ2n) is 3.54. The average Bonchev–Trinajstić information content (AvgIpc) is 1.78. The molecule has 0 fully saturated rings. The maximum atomic E-state index is 11.1. The molecule has 5 nitrogen and oxygen atoms in total. The van der Waals surface area contributed by atoms with E-state index in [0.29, 0.717) is 6.54 Å². The third-order valence-electron chi connectivity index (χ3n) is 0.877. The fourth-order valence-electron chi connectivity index (χ4n) is 0.632. The molecule has 74 valence electrons. The van der Waals surface area contributed by atoms with Crippen LogP contribution in [0.3, 0.4) is 0 Å². The highest BCUT2D eigenvalue weighted by atomic mass is 32.2. The Kier molecular flexibility index (Phi) is 4.12. The highest BCUT2D eigenvalue weighted by Crippen LogP contribution is 1.99. The Morgan fingerprint density at radius 2 is 1.83 bits per heavy atom. The van der Waals surface area contributed by atoms with Crippen molar-refractivity contribution in [3.8, 4) is 0 Å². The SMILES string of the molecule is CC(C)(C)NS(=O)(=O)NCCN. The first kappa shape index (κ1) is 11.8. The third-order valence-corrected chi connectivity index (χ3v) is 2.34. The highest BCUT2D eigenvalue weighted by molar-refractivity contribution is 7.87. The summed E-state index contributed by atoms with van der Waals surface area (Å²) in [6.07, 6.45) is 0. The van der Waals surface area contributed by atoms with Crippen molar-refractivity contribution < 1.29 is 8.42 Å². The first-order chi connectivity index (χ1) is 5.27. The molecule has 4 N–H and O–H groups in total. The summed E-state index contributed by atoms with van der Waals surface area (Å²) in [7, 11) is -3.38. The fraction of sp³-hybridized carbons (Fsp3) is 1.00. The monoisotopic (exact) mass is 195 g/mol. The Labute approximate surface area is 73.9 Å². The van der Waals surface area contributed by atoms with Gasteiger partial charge in [-0.25, -0.2) is 4.72 Å². The van der Waals surface area contributed by atoms with Crippen LogP contribution in [0.1, 0.15) is 20.8 Å². The molecule has 0 radical (unpaired) electrons. The van der Waals surface area contributed by atoms with Gasteiger partial charge in [0.05, 0.1) is 0 Å². The van der Waals surface area contributed by atoms with Gasteiger partial charge >= 0.3 is 0 Å². The van der Waals surface area contributed by atoms with E-state index in [0.717, 1.165) is 0 Å². The third kappa shape index (κ3) is 6.53. The molecule has 0 saturated carbocycles. The molecule has 0 aliphatic rings. The zero-order valence-corrected chi connectivity index (χ0v) is 8.53. The van der Waals surface area contributed by atoms with E-state index in [1.807, 2.05) is 0 Å². The van der Waals surface area contributed by atoms with Crippen LogP contribution in [0.2, 0.25) is 0 Å². The standard InChI is InChI=1S/C6H17N3O2S/c1-6(2,3)9-12(10,11)8-5-4-7/h8-9H,4-5,7H2,1-3H3. The summed E-state index contributed by atoms with van der Waals surface area (Å²) in [6, 6.07) is 0. The molecule has 0 aliphatic heterocycles. The van der Waals surface area contributed by atoms with Crippen LogP contribution in [-0.2, 0) is 10.2 Å². The lowest BCUT2D eigenvalue weighted by Crippen LogP contribution is -2.47. The second kappa shape index (κ2) is 4.18. The molecular formula is C6H17N3O2S. The summed E-state index contributed by atoms with van der Waals surface area (Å²) < 4.78 is 27.0. The van der Waals surface area contributed by atoms with Crippen LogP contribution in [0.25, 0.3) is 0 Å². The molecule has 0 aromatic heterocycles. The quantitative estimate of drug-likeness (QED) is 0.547. The van der Waals surface area contributed by atoms with Crippen LogP contribution < -0.4 is 15.2 Å². The predicted molar refractivity (Wildman–Crippen MR) is 48.9 cm³/mol. The summed E-state index contributed by atoms with van der Waals surface area (Å²) in [5, 5.41) is 0. The lowest BCUT2D eigenvalue weighted by molar-refractivity contribution is 0.484. The molecule has 0 aliphatic carbocycles. The van der Waals surface area contributed by atoms with Crippen molar-refractivity contribution in [1.82, 2.24) is 9.44 Å². The summed E-state index contributed by atoms with van der Waals surface area (Å²) in [6.45, 7) is 5.87. The van der Waals surface area contributed by atoms with Gasteiger partial charge in [-0.15, -0.1) is 0 Å². The van der Waals surface area contributed by atoms with Gasteiger partial charge in [0.25, 0.3) is 10.2 Å². The molecule has 0 unspecified atom stereocenters. The van der Waals surface area contributed by atoms with Crippen molar-refractivity contribution in [3.63, 3.8) is 0 Å². The topological polar surface area (TPSA) is 84.2 Å². The minimum atomic E-state index is -3.38. The van der Waals surface area contributed by atoms with Crippen LogP contribution >= 0.6 is 0 Å². The molecule has 0 bridgehead atoms. The molecule has 0 rings (SSSR count). The number of nitrogens with one attached hydrogen (secondary N) is 2. The van der Waals surface area contributed by atoms with Gasteiger partial charge in [-0.05, 0) is 20.8 Å². The molecule has 12 heavy (non-hydrogen) atoms. The van der Waals surface area contributed by atoms with Crippen molar-refractivity contribution >= 4 is 10.2 Å². The minimum Gasteiger partial charge on any atom is -0.329 e. The lowest BCUT2D eigenvalue weighted by Gasteiger charge is -2.20. The lowest BCUT2D eigenvalue weighted by atomic mass is 10.1. The van der Waals surface area contributed by atoms with Gasteiger partial charge < -0.3 is 5.73 Å². The smallest absolute Gasteiger partial charge is 0.277 e. The molecule has 0 aromatic carbocycles. The van der Waals surface area contributed by atoms with E-state index in [1.54, 1.807) is 20.8 Å². The highest BCUT2D eigenvalue weighted by Gasteiger charge is 2.18. The van der Waals surface area contributed by atoms with E-state index >= 15 is 0 Å². The molecule has 0 heterocycles. The number of hydrogen-bond donors (Lipinski definition) is 3. The first-order valence-electron chi connectivity index (χ1n) is 3.75. The van der Waals surface area contributed by atoms with Gasteiger partial charge in [-0.2, -0.15) is 13.1 Å². The van der Waals surface area contributed by atoms with Gasteiger partial charge in [0.2, 0.25) is 0 Å². The van der Waals surface area contributed by atoms with Crippen molar-refractivity contribution in [2.45, 2.75) is 26.3 Å². The largest absolute Gasteiger partial charge is 0.329 e. The Balaban J connectivity index is 4.06. The molecule has 0 spiro atoms. The Hall–Kier alpha value is -0.170. The van der Waals surface area contributed by atoms with Crippen LogP contribution in [0.15, 0.2) is 0 Å². The van der Waals surface area contributed by atoms with Crippen LogP contribution in [0.5, 0.6) is 0 Å². The fourth-order valence-corrected chi connectivity index (χ4v) is 1.90. The average molecular weight is 195 g/mol. The predicted octanol–water partition coefficient (Wildman–Crippen LogP) is -0.832. The Morgan fingerprint density at radius 1 is 1.33 bits per heavy atom. The van der Waals surface area contributed by atoms with Crippen molar-refractivity contribution in [1.29, 1.82) is 0 Å². The van der Waals surface area contributed by atoms with Gasteiger partial charge in [-0.3, -0.25) is 0 Å². The summed E-state index contributed by atoms with van der Waals surface area (Å²) >= 11 is 0. The van der Waals surface area contributed by atoms with Crippen molar-refractivity contribution in [3.05, 3.63) is 0 Å². The zero-order chi connectivity index (χ0) is 9.83. The van der Waals surface area contributed by atoms with E-state index in [9.17, 15) is 8.42 Å². The molecule has 0 saturated heterocycles. The number of nitrogens with two attached hydrogens (primary N) is 1. The van der Waals surface area contributed by atoms with E-state index in [2.05, 4.69) is 9.44 Å². The van der Waals surface area contributed by atoms with Gasteiger partial charge in [0.15, 0.2) is 0 Å². The maximum absolute atomic E-state index is 11.1.